The molecule has 0 aliphatic heterocycles. The lowest BCUT2D eigenvalue weighted by Crippen LogP contribution is -2.24. The van der Waals surface area contributed by atoms with Gasteiger partial charge in [-0.25, -0.2) is 5.43 Å². The van der Waals surface area contributed by atoms with Crippen LogP contribution in [0, 0.1) is 3.57 Å². The molecule has 0 aliphatic rings. The summed E-state index contributed by atoms with van der Waals surface area (Å²) in [7, 11) is 0. The summed E-state index contributed by atoms with van der Waals surface area (Å²) in [5, 5.41) is 5.01. The summed E-state index contributed by atoms with van der Waals surface area (Å²) in [5.41, 5.74) is 5.04. The maximum absolute atomic E-state index is 12.2. The molecule has 8 heteroatoms. The van der Waals surface area contributed by atoms with Crippen LogP contribution in [-0.2, 0) is 11.4 Å². The smallest absolute Gasteiger partial charge is 0.277 e. The van der Waals surface area contributed by atoms with Crippen LogP contribution in [0.3, 0.4) is 0 Å². The Morgan fingerprint density at radius 3 is 2.66 bits per heavy atom. The summed E-state index contributed by atoms with van der Waals surface area (Å²) in [4.78, 5) is 16.6. The summed E-state index contributed by atoms with van der Waals surface area (Å²) in [6.07, 6.45) is 3.25. The fourth-order valence-corrected chi connectivity index (χ4v) is 4.12. The van der Waals surface area contributed by atoms with Crippen LogP contribution >= 0.6 is 22.6 Å². The maximum Gasteiger partial charge on any atom is 0.277 e. The molecule has 4 rings (SSSR count). The van der Waals surface area contributed by atoms with Crippen molar-refractivity contribution >= 4 is 45.6 Å². The van der Waals surface area contributed by atoms with Gasteiger partial charge in [0.05, 0.1) is 16.4 Å². The molecular weight excluding hydrogens is 557 g/mol. The van der Waals surface area contributed by atoms with Crippen LogP contribution in [-0.4, -0.2) is 30.3 Å². The summed E-state index contributed by atoms with van der Waals surface area (Å²) in [6, 6.07) is 23.1. The van der Waals surface area contributed by atoms with E-state index in [4.69, 9.17) is 14.2 Å². The van der Waals surface area contributed by atoms with Gasteiger partial charge in [-0.15, -0.1) is 0 Å². The quantitative estimate of drug-likeness (QED) is 0.155. The van der Waals surface area contributed by atoms with Crippen molar-refractivity contribution < 1.29 is 19.0 Å². The van der Waals surface area contributed by atoms with Crippen LogP contribution in [0.2, 0.25) is 0 Å². The Morgan fingerprint density at radius 2 is 1.83 bits per heavy atom. The average molecular weight is 581 g/mol. The fourth-order valence-electron chi connectivity index (χ4n) is 3.34. The van der Waals surface area contributed by atoms with E-state index >= 15 is 0 Å². The standard InChI is InChI=1S/C27H24IN3O4/c1-2-33-24-15-20(14-22(28)27(24)35-17-19-8-4-3-5-9-19)16-30-31-25(32)18-34-23-12-6-10-21-11-7-13-29-26(21)23/h3-16H,2,17-18H2,1H3,(H,31,32)/b30-16-. The zero-order chi connectivity index (χ0) is 24.5. The Kier molecular flexibility index (Phi) is 8.50. The van der Waals surface area contributed by atoms with Crippen molar-refractivity contribution in [1.82, 2.24) is 10.4 Å². The van der Waals surface area contributed by atoms with Crippen molar-refractivity contribution in [3.63, 3.8) is 0 Å². The second-order valence-electron chi connectivity index (χ2n) is 7.45. The summed E-state index contributed by atoms with van der Waals surface area (Å²) >= 11 is 2.21. The molecule has 0 atom stereocenters. The fraction of sp³-hybridized carbons (Fsp3) is 0.148. The molecule has 1 amide bonds. The van der Waals surface area contributed by atoms with Gasteiger partial charge in [-0.3, -0.25) is 9.78 Å². The number of fused-ring (bicyclic) bond motifs is 1. The van der Waals surface area contributed by atoms with Crippen LogP contribution in [0.15, 0.2) is 84.1 Å². The van der Waals surface area contributed by atoms with Crippen molar-refractivity contribution in [2.45, 2.75) is 13.5 Å². The minimum atomic E-state index is -0.378. The van der Waals surface area contributed by atoms with Gasteiger partial charge in [0.15, 0.2) is 18.1 Å². The lowest BCUT2D eigenvalue weighted by atomic mass is 10.2. The third-order valence-electron chi connectivity index (χ3n) is 4.92. The molecule has 4 aromatic rings. The summed E-state index contributed by atoms with van der Waals surface area (Å²) in [6.45, 7) is 2.67. The van der Waals surface area contributed by atoms with E-state index in [0.29, 0.717) is 36.0 Å². The Balaban J connectivity index is 1.37. The third-order valence-corrected chi connectivity index (χ3v) is 5.72. The Morgan fingerprint density at radius 1 is 1.00 bits per heavy atom. The van der Waals surface area contributed by atoms with Crippen LogP contribution in [0.1, 0.15) is 18.1 Å². The van der Waals surface area contributed by atoms with E-state index in [1.807, 2.05) is 73.7 Å². The van der Waals surface area contributed by atoms with Gasteiger partial charge in [-0.2, -0.15) is 5.10 Å². The molecular formula is C27H24IN3O4. The van der Waals surface area contributed by atoms with Crippen LogP contribution in [0.4, 0.5) is 0 Å². The molecule has 0 spiro atoms. The van der Waals surface area contributed by atoms with E-state index in [1.54, 1.807) is 18.5 Å². The first-order valence-corrected chi connectivity index (χ1v) is 12.1. The Labute approximate surface area is 217 Å². The lowest BCUT2D eigenvalue weighted by Gasteiger charge is -2.14. The van der Waals surface area contributed by atoms with Crippen molar-refractivity contribution in [2.24, 2.45) is 5.10 Å². The second kappa shape index (κ2) is 12.2. The second-order valence-corrected chi connectivity index (χ2v) is 8.61. The molecule has 1 heterocycles. The van der Waals surface area contributed by atoms with Crippen LogP contribution in [0.25, 0.3) is 10.9 Å². The lowest BCUT2D eigenvalue weighted by molar-refractivity contribution is -0.123. The number of hydrogen-bond donors (Lipinski definition) is 1. The normalized spacial score (nSPS) is 10.9. The average Bonchev–Trinajstić information content (AvgIpc) is 2.88. The number of nitrogens with one attached hydrogen (secondary N) is 1. The number of aromatic nitrogens is 1. The van der Waals surface area contributed by atoms with Gasteiger partial charge in [-0.05, 0) is 64.9 Å². The molecule has 1 aromatic heterocycles. The monoisotopic (exact) mass is 581 g/mol. The number of hydrogen-bond acceptors (Lipinski definition) is 6. The first kappa shape index (κ1) is 24.5. The number of hydrazone groups is 1. The SMILES string of the molecule is CCOc1cc(/C=N\NC(=O)COc2cccc3cccnc23)cc(I)c1OCc1ccccc1. The first-order chi connectivity index (χ1) is 17.1. The number of para-hydroxylation sites is 1. The Bertz CT molecular complexity index is 1320. The largest absolute Gasteiger partial charge is 0.490 e. The molecule has 0 fully saturated rings. The van der Waals surface area contributed by atoms with Crippen molar-refractivity contribution in [2.75, 3.05) is 13.2 Å². The molecule has 7 nitrogen and oxygen atoms in total. The number of carbonyl (C=O) groups excluding carboxylic acids is 1. The van der Waals surface area contributed by atoms with E-state index in [-0.39, 0.29) is 12.5 Å². The number of nitrogens with zero attached hydrogens (tertiary/aromatic N) is 2. The summed E-state index contributed by atoms with van der Waals surface area (Å²) in [5.74, 6) is 1.46. The zero-order valence-electron chi connectivity index (χ0n) is 19.1. The number of halogens is 1. The molecule has 178 valence electrons. The third kappa shape index (κ3) is 6.69. The van der Waals surface area contributed by atoms with Gasteiger partial charge in [0.25, 0.3) is 5.91 Å². The number of rotatable bonds is 10. The Hall–Kier alpha value is -3.66. The minimum Gasteiger partial charge on any atom is -0.490 e. The molecule has 3 aromatic carbocycles. The van der Waals surface area contributed by atoms with Crippen molar-refractivity contribution in [1.29, 1.82) is 0 Å². The minimum absolute atomic E-state index is 0.180. The molecule has 0 saturated carbocycles. The number of benzene rings is 3. The van der Waals surface area contributed by atoms with Crippen molar-refractivity contribution in [3.05, 3.63) is 93.7 Å². The van der Waals surface area contributed by atoms with Gasteiger partial charge < -0.3 is 14.2 Å². The molecule has 0 radical (unpaired) electrons. The number of ether oxygens (including phenoxy) is 3. The van der Waals surface area contributed by atoms with E-state index in [1.165, 1.54) is 0 Å². The van der Waals surface area contributed by atoms with Crippen molar-refractivity contribution in [3.8, 4) is 17.2 Å². The highest BCUT2D eigenvalue weighted by Crippen LogP contribution is 2.34. The highest BCUT2D eigenvalue weighted by atomic mass is 127. The highest BCUT2D eigenvalue weighted by molar-refractivity contribution is 14.1. The number of amides is 1. The zero-order valence-corrected chi connectivity index (χ0v) is 21.3. The van der Waals surface area contributed by atoms with E-state index in [2.05, 4.69) is 38.1 Å². The topological polar surface area (TPSA) is 82.0 Å². The number of carbonyl (C=O) groups is 1. The van der Waals surface area contributed by atoms with Gasteiger partial charge in [-0.1, -0.05) is 48.5 Å². The molecule has 0 saturated heterocycles. The molecule has 0 bridgehead atoms. The van der Waals surface area contributed by atoms with Crippen LogP contribution in [0.5, 0.6) is 17.2 Å². The number of pyridine rings is 1. The summed E-state index contributed by atoms with van der Waals surface area (Å²) < 4.78 is 18.4. The maximum atomic E-state index is 12.2. The molecule has 0 unspecified atom stereocenters. The van der Waals surface area contributed by atoms with Crippen LogP contribution < -0.4 is 19.6 Å². The highest BCUT2D eigenvalue weighted by Gasteiger charge is 2.12. The first-order valence-electron chi connectivity index (χ1n) is 11.1. The molecule has 1 N–H and O–H groups in total. The van der Waals surface area contributed by atoms with Gasteiger partial charge in [0.2, 0.25) is 0 Å². The van der Waals surface area contributed by atoms with E-state index in [9.17, 15) is 4.79 Å². The predicted molar refractivity (Wildman–Crippen MR) is 144 cm³/mol. The predicted octanol–water partition coefficient (Wildman–Crippen LogP) is 5.35. The van der Waals surface area contributed by atoms with Gasteiger partial charge in [0, 0.05) is 11.6 Å². The van der Waals surface area contributed by atoms with Gasteiger partial charge >= 0.3 is 0 Å². The van der Waals surface area contributed by atoms with E-state index < -0.39 is 0 Å². The van der Waals surface area contributed by atoms with Gasteiger partial charge in [0.1, 0.15) is 17.9 Å². The van der Waals surface area contributed by atoms with E-state index in [0.717, 1.165) is 20.1 Å². The molecule has 0 aliphatic carbocycles. The molecule has 35 heavy (non-hydrogen) atoms.